The predicted octanol–water partition coefficient (Wildman–Crippen LogP) is 4.85. The molecule has 0 fully saturated rings. The smallest absolute Gasteiger partial charge is 0.412 e. The molecule has 0 aliphatic carbocycles. The quantitative estimate of drug-likeness (QED) is 0.405. The van der Waals surface area contributed by atoms with E-state index in [9.17, 15) is 27.2 Å². The van der Waals surface area contributed by atoms with Gasteiger partial charge in [-0.05, 0) is 75.1 Å². The lowest BCUT2D eigenvalue weighted by Crippen LogP contribution is -2.45. The molecule has 0 radical (unpaired) electrons. The Bertz CT molecular complexity index is 1670. The van der Waals surface area contributed by atoms with Crippen molar-refractivity contribution in [3.05, 3.63) is 83.2 Å². The van der Waals surface area contributed by atoms with Crippen LogP contribution in [0.4, 0.5) is 20.6 Å². The lowest BCUT2D eigenvalue weighted by molar-refractivity contribution is 0.0620. The molecule has 0 bridgehead atoms. The molecule has 2 heterocycles. The third kappa shape index (κ3) is 5.54. The monoisotopic (exact) mass is 595 g/mol. The zero-order valence-corrected chi connectivity index (χ0v) is 24.3. The number of benzene rings is 3. The van der Waals surface area contributed by atoms with Gasteiger partial charge in [0.2, 0.25) is 0 Å². The van der Waals surface area contributed by atoms with Gasteiger partial charge in [0, 0.05) is 24.8 Å². The van der Waals surface area contributed by atoms with Gasteiger partial charge in [-0.15, -0.1) is 0 Å². The van der Waals surface area contributed by atoms with Crippen LogP contribution in [0, 0.1) is 11.7 Å². The largest absolute Gasteiger partial charge is 0.494 e. The van der Waals surface area contributed by atoms with Gasteiger partial charge in [0.25, 0.3) is 21.8 Å². The van der Waals surface area contributed by atoms with Gasteiger partial charge in [0.1, 0.15) is 5.60 Å². The SMILES string of the molecule is COc1cc(S(=O)(=O)N2C[C@H](CN3C(=O)c4ccccc4C3=O)Cc3ccc(NC(=O)OC(C)(C)C)cc32)ccc1F. The van der Waals surface area contributed by atoms with Gasteiger partial charge < -0.3 is 9.47 Å². The van der Waals surface area contributed by atoms with Gasteiger partial charge >= 0.3 is 6.09 Å². The second kappa shape index (κ2) is 10.8. The number of carbonyl (C=O) groups excluding carboxylic acids is 3. The molecule has 3 amide bonds. The Kier molecular flexibility index (Phi) is 7.44. The summed E-state index contributed by atoms with van der Waals surface area (Å²) in [7, 11) is -3.06. The number of rotatable bonds is 6. The Morgan fingerprint density at radius 1 is 1.02 bits per heavy atom. The number of methoxy groups -OCH3 is 1. The first-order valence-corrected chi connectivity index (χ1v) is 14.7. The maximum absolute atomic E-state index is 14.2. The van der Waals surface area contributed by atoms with Crippen molar-refractivity contribution in [1.82, 2.24) is 4.90 Å². The summed E-state index contributed by atoms with van der Waals surface area (Å²) in [6.45, 7) is 5.07. The van der Waals surface area contributed by atoms with E-state index < -0.39 is 45.3 Å². The average Bonchev–Trinajstić information content (AvgIpc) is 3.16. The summed E-state index contributed by atoms with van der Waals surface area (Å²) in [5.41, 5.74) is 1.09. The summed E-state index contributed by atoms with van der Waals surface area (Å²) in [6, 6.07) is 14.6. The number of amides is 3. The third-order valence-electron chi connectivity index (χ3n) is 6.96. The first kappa shape index (κ1) is 29.1. The lowest BCUT2D eigenvalue weighted by Gasteiger charge is -2.36. The van der Waals surface area contributed by atoms with E-state index in [2.05, 4.69) is 5.32 Å². The molecular formula is C30H30FN3O7S. The molecule has 0 saturated heterocycles. The fraction of sp³-hybridized carbons (Fsp3) is 0.300. The molecule has 10 nitrogen and oxygen atoms in total. The van der Waals surface area contributed by atoms with Crippen molar-refractivity contribution < 1.29 is 36.7 Å². The molecule has 12 heteroatoms. The van der Waals surface area contributed by atoms with Crippen LogP contribution >= 0.6 is 0 Å². The van der Waals surface area contributed by atoms with E-state index in [0.29, 0.717) is 34.5 Å². The number of imide groups is 1. The minimum Gasteiger partial charge on any atom is -0.494 e. The van der Waals surface area contributed by atoms with E-state index in [1.165, 1.54) is 13.2 Å². The van der Waals surface area contributed by atoms with Gasteiger partial charge in [-0.1, -0.05) is 18.2 Å². The highest BCUT2D eigenvalue weighted by atomic mass is 32.2. The molecule has 5 rings (SSSR count). The molecule has 220 valence electrons. The number of carbonyl (C=O) groups is 3. The van der Waals surface area contributed by atoms with Gasteiger partial charge in [-0.2, -0.15) is 0 Å². The lowest BCUT2D eigenvalue weighted by atomic mass is 9.93. The molecule has 0 aromatic heterocycles. The number of hydrogen-bond acceptors (Lipinski definition) is 7. The average molecular weight is 596 g/mol. The highest BCUT2D eigenvalue weighted by Gasteiger charge is 2.40. The van der Waals surface area contributed by atoms with Crippen LogP contribution in [0.1, 0.15) is 47.1 Å². The number of anilines is 2. The predicted molar refractivity (Wildman–Crippen MR) is 153 cm³/mol. The molecule has 42 heavy (non-hydrogen) atoms. The van der Waals surface area contributed by atoms with Crippen LogP contribution in [0.3, 0.4) is 0 Å². The molecule has 0 spiro atoms. The molecule has 0 saturated carbocycles. The van der Waals surface area contributed by atoms with Crippen LogP contribution in [0.25, 0.3) is 0 Å². The van der Waals surface area contributed by atoms with E-state index in [0.717, 1.165) is 27.4 Å². The second-order valence-electron chi connectivity index (χ2n) is 11.1. The van der Waals surface area contributed by atoms with Crippen LogP contribution in [-0.4, -0.2) is 57.0 Å². The topological polar surface area (TPSA) is 122 Å². The van der Waals surface area contributed by atoms with Gasteiger partial charge in [-0.25, -0.2) is 17.6 Å². The minimum absolute atomic E-state index is 0.0115. The number of nitrogens with one attached hydrogen (secondary N) is 1. The number of nitrogens with zero attached hydrogens (tertiary/aromatic N) is 2. The Morgan fingerprint density at radius 2 is 1.69 bits per heavy atom. The van der Waals surface area contributed by atoms with Crippen molar-refractivity contribution in [3.8, 4) is 5.75 Å². The van der Waals surface area contributed by atoms with E-state index in [4.69, 9.17) is 9.47 Å². The Morgan fingerprint density at radius 3 is 2.31 bits per heavy atom. The number of fused-ring (bicyclic) bond motifs is 2. The van der Waals surface area contributed by atoms with Crippen LogP contribution in [-0.2, 0) is 21.2 Å². The van der Waals surface area contributed by atoms with Crippen molar-refractivity contribution in [1.29, 1.82) is 0 Å². The number of ether oxygens (including phenoxy) is 2. The summed E-state index contributed by atoms with van der Waals surface area (Å²) in [4.78, 5) is 39.4. The molecule has 3 aromatic carbocycles. The standard InChI is InChI=1S/C30H30FN3O7S/c1-30(2,3)41-29(37)32-20-10-9-19-13-18(16-33-27(35)22-7-5-6-8-23(22)28(33)36)17-34(25(19)14-20)42(38,39)21-11-12-24(31)26(15-21)40-4/h5-12,14-15,18H,13,16-17H2,1-4H3,(H,32,37)/t18-/m0/s1. The molecule has 2 aliphatic heterocycles. The number of halogens is 1. The van der Waals surface area contributed by atoms with Crippen LogP contribution < -0.4 is 14.4 Å². The first-order chi connectivity index (χ1) is 19.8. The molecule has 1 atom stereocenters. The summed E-state index contributed by atoms with van der Waals surface area (Å²) < 4.78 is 53.7. The van der Waals surface area contributed by atoms with E-state index in [1.54, 1.807) is 57.2 Å². The Labute approximate surface area is 243 Å². The van der Waals surface area contributed by atoms with Crippen LogP contribution in [0.2, 0.25) is 0 Å². The van der Waals surface area contributed by atoms with Crippen molar-refractivity contribution in [3.63, 3.8) is 0 Å². The van der Waals surface area contributed by atoms with Crippen molar-refractivity contribution >= 4 is 39.3 Å². The number of sulfonamides is 1. The molecule has 3 aromatic rings. The van der Waals surface area contributed by atoms with Crippen LogP contribution in [0.15, 0.2) is 65.6 Å². The number of hydrogen-bond donors (Lipinski definition) is 1. The van der Waals surface area contributed by atoms with E-state index >= 15 is 0 Å². The minimum atomic E-state index is -4.29. The summed E-state index contributed by atoms with van der Waals surface area (Å²) >= 11 is 0. The van der Waals surface area contributed by atoms with E-state index in [1.807, 2.05) is 0 Å². The summed E-state index contributed by atoms with van der Waals surface area (Å²) in [5.74, 6) is -2.28. The Balaban J connectivity index is 1.51. The van der Waals surface area contributed by atoms with Crippen LogP contribution in [0.5, 0.6) is 5.75 Å². The normalized spacial score (nSPS) is 16.6. The fourth-order valence-electron chi connectivity index (χ4n) is 5.12. The van der Waals surface area contributed by atoms with Gasteiger partial charge in [-0.3, -0.25) is 24.1 Å². The Hall–Kier alpha value is -4.45. The summed E-state index contributed by atoms with van der Waals surface area (Å²) in [5, 5.41) is 2.63. The third-order valence-corrected chi connectivity index (χ3v) is 8.74. The molecule has 0 unspecified atom stereocenters. The first-order valence-electron chi connectivity index (χ1n) is 13.2. The van der Waals surface area contributed by atoms with Gasteiger partial charge in [0.15, 0.2) is 11.6 Å². The molecule has 1 N–H and O–H groups in total. The highest BCUT2D eigenvalue weighted by Crippen LogP contribution is 2.38. The maximum atomic E-state index is 14.2. The fourth-order valence-corrected chi connectivity index (χ4v) is 6.70. The highest BCUT2D eigenvalue weighted by molar-refractivity contribution is 7.92. The summed E-state index contributed by atoms with van der Waals surface area (Å²) in [6.07, 6.45) is -0.353. The van der Waals surface area contributed by atoms with Gasteiger partial charge in [0.05, 0.1) is 28.8 Å². The van der Waals surface area contributed by atoms with Crippen molar-refractivity contribution in [2.45, 2.75) is 37.7 Å². The van der Waals surface area contributed by atoms with E-state index in [-0.39, 0.29) is 23.7 Å². The second-order valence-corrected chi connectivity index (χ2v) is 13.0. The van der Waals surface area contributed by atoms with Crippen molar-refractivity contribution in [2.75, 3.05) is 29.8 Å². The molecular weight excluding hydrogens is 565 g/mol. The zero-order chi connectivity index (χ0) is 30.4. The zero-order valence-electron chi connectivity index (χ0n) is 23.5. The molecule has 2 aliphatic rings. The van der Waals surface area contributed by atoms with Crippen molar-refractivity contribution in [2.24, 2.45) is 5.92 Å². The maximum Gasteiger partial charge on any atom is 0.412 e.